The van der Waals surface area contributed by atoms with Gasteiger partial charge in [-0.1, -0.05) is 6.92 Å². The summed E-state index contributed by atoms with van der Waals surface area (Å²) in [6, 6.07) is -0.778. The average molecular weight is 287 g/mol. The Morgan fingerprint density at radius 2 is 1.95 bits per heavy atom. The fraction of sp³-hybridized carbons (Fsp3) is 0.833. The van der Waals surface area contributed by atoms with Crippen molar-refractivity contribution in [1.82, 2.24) is 14.7 Å². The van der Waals surface area contributed by atoms with E-state index in [1.54, 1.807) is 4.90 Å². The van der Waals surface area contributed by atoms with Gasteiger partial charge in [-0.05, 0) is 13.0 Å². The highest BCUT2D eigenvalue weighted by Gasteiger charge is 2.37. The predicted octanol–water partition coefficient (Wildman–Crippen LogP) is 0.593. The molecule has 7 heteroatoms. The second-order valence-corrected chi connectivity index (χ2v) is 5.93. The molecular weight excluding hydrogens is 266 g/mol. The van der Waals surface area contributed by atoms with Gasteiger partial charge >= 0.3 is 12.0 Å². The van der Waals surface area contributed by atoms with Crippen molar-refractivity contribution in [3.63, 3.8) is 0 Å². The number of hydrogen-bond donors (Lipinski definition) is 1. The molecule has 1 N–H and O–H groups in total. The van der Waals surface area contributed by atoms with E-state index in [1.807, 2.05) is 0 Å². The zero-order chi connectivity index (χ0) is 13.8. The molecule has 0 aliphatic carbocycles. The highest BCUT2D eigenvalue weighted by atomic mass is 32.2. The highest BCUT2D eigenvalue weighted by Crippen LogP contribution is 2.23. The van der Waals surface area contributed by atoms with Crippen molar-refractivity contribution >= 4 is 23.8 Å². The minimum absolute atomic E-state index is 0.117. The minimum Gasteiger partial charge on any atom is -0.480 e. The molecule has 19 heavy (non-hydrogen) atoms. The van der Waals surface area contributed by atoms with Gasteiger partial charge in [0.15, 0.2) is 0 Å². The maximum absolute atomic E-state index is 12.3. The molecule has 2 amide bonds. The van der Waals surface area contributed by atoms with Crippen LogP contribution < -0.4 is 0 Å². The van der Waals surface area contributed by atoms with Gasteiger partial charge in [0.25, 0.3) is 0 Å². The molecule has 0 aromatic rings. The molecule has 0 aromatic carbocycles. The Hall–Kier alpha value is -0.950. The number of thioether (sulfide) groups is 1. The Kier molecular flexibility index (Phi) is 4.93. The normalized spacial score (nSPS) is 24.8. The fourth-order valence-corrected chi connectivity index (χ4v) is 3.63. The molecule has 6 nitrogen and oxygen atoms in total. The van der Waals surface area contributed by atoms with Crippen LogP contribution in [0.25, 0.3) is 0 Å². The second kappa shape index (κ2) is 6.47. The number of nitrogens with zero attached hydrogens (tertiary/aromatic N) is 3. The molecule has 2 aliphatic rings. The maximum atomic E-state index is 12.3. The Balaban J connectivity index is 1.89. The molecular formula is C12H21N3O3S. The van der Waals surface area contributed by atoms with Gasteiger partial charge in [0.1, 0.15) is 6.04 Å². The standard InChI is InChI=1S/C12H21N3O3S/c1-2-3-13-4-6-14(7-5-13)12(18)15-9-19-8-10(15)11(16)17/h10H,2-9H2,1H3,(H,16,17). The van der Waals surface area contributed by atoms with Crippen LogP contribution in [0.1, 0.15) is 13.3 Å². The summed E-state index contributed by atoms with van der Waals surface area (Å²) in [5.41, 5.74) is 0. The van der Waals surface area contributed by atoms with Crippen LogP contribution in [-0.4, -0.2) is 82.2 Å². The van der Waals surface area contributed by atoms with E-state index >= 15 is 0 Å². The summed E-state index contributed by atoms with van der Waals surface area (Å²) in [6.07, 6.45) is 1.12. The van der Waals surface area contributed by atoms with Crippen LogP contribution >= 0.6 is 11.8 Å². The third-order valence-corrected chi connectivity index (χ3v) is 4.61. The molecule has 108 valence electrons. The topological polar surface area (TPSA) is 64.1 Å². The second-order valence-electron chi connectivity index (χ2n) is 4.93. The molecule has 2 heterocycles. The molecule has 2 fully saturated rings. The lowest BCUT2D eigenvalue weighted by Crippen LogP contribution is -2.55. The molecule has 0 spiro atoms. The van der Waals surface area contributed by atoms with E-state index in [-0.39, 0.29) is 6.03 Å². The van der Waals surface area contributed by atoms with E-state index in [0.717, 1.165) is 26.1 Å². The van der Waals surface area contributed by atoms with Crippen LogP contribution in [0, 0.1) is 0 Å². The van der Waals surface area contributed by atoms with Crippen LogP contribution in [0.5, 0.6) is 0 Å². The first kappa shape index (κ1) is 14.5. The molecule has 0 aromatic heterocycles. The summed E-state index contributed by atoms with van der Waals surface area (Å²) >= 11 is 1.51. The van der Waals surface area contributed by atoms with Gasteiger partial charge < -0.3 is 14.9 Å². The number of carboxylic acids is 1. The largest absolute Gasteiger partial charge is 0.480 e. The monoisotopic (exact) mass is 287 g/mol. The lowest BCUT2D eigenvalue weighted by molar-refractivity contribution is -0.141. The maximum Gasteiger partial charge on any atom is 0.327 e. The van der Waals surface area contributed by atoms with E-state index in [2.05, 4.69) is 11.8 Å². The van der Waals surface area contributed by atoms with E-state index in [0.29, 0.717) is 24.7 Å². The number of carbonyl (C=O) groups excluding carboxylic acids is 1. The number of aliphatic carboxylic acids is 1. The Labute approximate surface area is 117 Å². The van der Waals surface area contributed by atoms with Crippen LogP contribution in [0.2, 0.25) is 0 Å². The number of carbonyl (C=O) groups is 2. The Bertz CT molecular complexity index is 345. The summed E-state index contributed by atoms with van der Waals surface area (Å²) < 4.78 is 0. The molecule has 0 bridgehead atoms. The first-order chi connectivity index (χ1) is 9.13. The number of piperazine rings is 1. The van der Waals surface area contributed by atoms with Crippen molar-refractivity contribution in [2.45, 2.75) is 19.4 Å². The van der Waals surface area contributed by atoms with E-state index < -0.39 is 12.0 Å². The number of amides is 2. The van der Waals surface area contributed by atoms with Crippen molar-refractivity contribution in [2.24, 2.45) is 0 Å². The van der Waals surface area contributed by atoms with Crippen LogP contribution in [0.4, 0.5) is 4.79 Å². The molecule has 1 atom stereocenters. The SMILES string of the molecule is CCCN1CCN(C(=O)N2CSCC2C(=O)O)CC1. The minimum atomic E-state index is -0.900. The fourth-order valence-electron chi connectivity index (χ4n) is 2.50. The predicted molar refractivity (Wildman–Crippen MR) is 74.3 cm³/mol. The lowest BCUT2D eigenvalue weighted by atomic mass is 10.3. The Morgan fingerprint density at radius 1 is 1.26 bits per heavy atom. The quantitative estimate of drug-likeness (QED) is 0.823. The zero-order valence-electron chi connectivity index (χ0n) is 11.2. The lowest BCUT2D eigenvalue weighted by Gasteiger charge is -2.37. The number of urea groups is 1. The molecule has 1 unspecified atom stereocenters. The van der Waals surface area contributed by atoms with E-state index in [9.17, 15) is 9.59 Å². The molecule has 0 saturated carbocycles. The number of rotatable bonds is 3. The van der Waals surface area contributed by atoms with Crippen molar-refractivity contribution < 1.29 is 14.7 Å². The van der Waals surface area contributed by atoms with Crippen LogP contribution in [-0.2, 0) is 4.79 Å². The van der Waals surface area contributed by atoms with E-state index in [4.69, 9.17) is 5.11 Å². The van der Waals surface area contributed by atoms with Gasteiger partial charge in [-0.15, -0.1) is 11.8 Å². The summed E-state index contributed by atoms with van der Waals surface area (Å²) in [6.45, 7) is 6.39. The van der Waals surface area contributed by atoms with Gasteiger partial charge in [0.2, 0.25) is 0 Å². The summed E-state index contributed by atoms with van der Waals surface area (Å²) in [4.78, 5) is 29.1. The smallest absolute Gasteiger partial charge is 0.327 e. The molecule has 2 aliphatic heterocycles. The Morgan fingerprint density at radius 3 is 2.53 bits per heavy atom. The van der Waals surface area contributed by atoms with Gasteiger partial charge in [-0.25, -0.2) is 9.59 Å². The van der Waals surface area contributed by atoms with Crippen LogP contribution in [0.15, 0.2) is 0 Å². The van der Waals surface area contributed by atoms with Crippen molar-refractivity contribution in [3.8, 4) is 0 Å². The summed E-state index contributed by atoms with van der Waals surface area (Å²) in [5, 5.41) is 9.11. The number of hydrogen-bond acceptors (Lipinski definition) is 4. The van der Waals surface area contributed by atoms with Gasteiger partial charge in [0.05, 0.1) is 5.88 Å². The van der Waals surface area contributed by atoms with Crippen molar-refractivity contribution in [3.05, 3.63) is 0 Å². The van der Waals surface area contributed by atoms with Gasteiger partial charge in [0, 0.05) is 31.9 Å². The van der Waals surface area contributed by atoms with Crippen molar-refractivity contribution in [2.75, 3.05) is 44.4 Å². The first-order valence-electron chi connectivity index (χ1n) is 6.72. The molecule has 2 saturated heterocycles. The van der Waals surface area contributed by atoms with E-state index in [1.165, 1.54) is 16.7 Å². The zero-order valence-corrected chi connectivity index (χ0v) is 12.1. The molecule has 2 rings (SSSR count). The van der Waals surface area contributed by atoms with Gasteiger partial charge in [-0.3, -0.25) is 4.90 Å². The summed E-state index contributed by atoms with van der Waals surface area (Å²) in [7, 11) is 0. The highest BCUT2D eigenvalue weighted by molar-refractivity contribution is 7.99. The average Bonchev–Trinajstić information content (AvgIpc) is 2.88. The van der Waals surface area contributed by atoms with Crippen LogP contribution in [0.3, 0.4) is 0 Å². The van der Waals surface area contributed by atoms with Gasteiger partial charge in [-0.2, -0.15) is 0 Å². The number of carboxylic acid groups (broad SMARTS) is 1. The molecule has 0 radical (unpaired) electrons. The van der Waals surface area contributed by atoms with Crippen molar-refractivity contribution in [1.29, 1.82) is 0 Å². The third kappa shape index (κ3) is 3.33. The summed E-state index contributed by atoms with van der Waals surface area (Å²) in [5.74, 6) is 0.0879. The third-order valence-electron chi connectivity index (χ3n) is 3.60. The first-order valence-corrected chi connectivity index (χ1v) is 7.87.